The number of hydrogen-bond acceptors (Lipinski definition) is 4. The molecule has 0 rings (SSSR count). The van der Waals surface area contributed by atoms with Gasteiger partial charge in [-0.25, -0.2) is 0 Å². The van der Waals surface area contributed by atoms with Gasteiger partial charge < -0.3 is 20.6 Å². The van der Waals surface area contributed by atoms with E-state index in [0.29, 0.717) is 12.8 Å². The lowest BCUT2D eigenvalue weighted by Gasteiger charge is -2.26. The number of carbonyl (C=O) groups is 1. The maximum Gasteiger partial charge on any atom is 0.220 e. The first kappa shape index (κ1) is 29.4. The second-order valence-corrected chi connectivity index (χ2v) is 8.90. The van der Waals surface area contributed by atoms with Crippen molar-refractivity contribution in [3.63, 3.8) is 0 Å². The van der Waals surface area contributed by atoms with E-state index in [2.05, 4.69) is 19.2 Å². The molecule has 0 aromatic rings. The zero-order valence-electron chi connectivity index (χ0n) is 19.9. The Balaban J connectivity index is 3.74. The van der Waals surface area contributed by atoms with E-state index in [1.165, 1.54) is 57.8 Å². The monoisotopic (exact) mass is 429 g/mol. The number of aliphatic hydroxyl groups excluding tert-OH is 3. The molecule has 0 radical (unpaired) electrons. The molecule has 0 aliphatic rings. The first-order valence-corrected chi connectivity index (χ1v) is 12.8. The SMILES string of the molecule is CCCCCCCCCCCCCC[C@H](O)[C@H](O)[C@H](CO)NC(=O)CCCCCC. The minimum Gasteiger partial charge on any atom is -0.394 e. The lowest BCUT2D eigenvalue weighted by atomic mass is 9.99. The smallest absolute Gasteiger partial charge is 0.220 e. The van der Waals surface area contributed by atoms with Gasteiger partial charge in [0.1, 0.15) is 6.10 Å². The average molecular weight is 430 g/mol. The van der Waals surface area contributed by atoms with Crippen LogP contribution in [0.2, 0.25) is 0 Å². The molecule has 5 nitrogen and oxygen atoms in total. The number of unbranched alkanes of at least 4 members (excludes halogenated alkanes) is 14. The van der Waals surface area contributed by atoms with Crippen LogP contribution in [-0.2, 0) is 4.79 Å². The van der Waals surface area contributed by atoms with Crippen molar-refractivity contribution in [1.29, 1.82) is 0 Å². The Bertz CT molecular complexity index is 378. The summed E-state index contributed by atoms with van der Waals surface area (Å²) in [6, 6.07) is -0.795. The fourth-order valence-corrected chi connectivity index (χ4v) is 3.86. The van der Waals surface area contributed by atoms with Gasteiger partial charge in [-0.05, 0) is 12.8 Å². The third kappa shape index (κ3) is 17.1. The summed E-state index contributed by atoms with van der Waals surface area (Å²) < 4.78 is 0. The van der Waals surface area contributed by atoms with Gasteiger partial charge in [0.05, 0.1) is 18.8 Å². The standard InChI is InChI=1S/C25H51NO4/c1-3-5-7-9-10-11-12-13-14-15-16-17-19-23(28)25(30)22(21-27)26-24(29)20-18-8-6-4-2/h22-23,25,27-28,30H,3-21H2,1-2H3,(H,26,29)/t22-,23-,25+/m0/s1. The van der Waals surface area contributed by atoms with Crippen LogP contribution in [0.25, 0.3) is 0 Å². The normalized spacial score (nSPS) is 14.4. The molecule has 0 bridgehead atoms. The number of rotatable bonds is 22. The quantitative estimate of drug-likeness (QED) is 0.177. The summed E-state index contributed by atoms with van der Waals surface area (Å²) in [5.41, 5.74) is 0. The van der Waals surface area contributed by atoms with Crippen LogP contribution in [0.5, 0.6) is 0 Å². The van der Waals surface area contributed by atoms with Crippen LogP contribution in [0, 0.1) is 0 Å². The summed E-state index contributed by atoms with van der Waals surface area (Å²) in [4.78, 5) is 12.0. The third-order valence-corrected chi connectivity index (χ3v) is 5.96. The van der Waals surface area contributed by atoms with Gasteiger partial charge in [-0.3, -0.25) is 4.79 Å². The number of nitrogens with one attached hydrogen (secondary N) is 1. The van der Waals surface area contributed by atoms with Crippen LogP contribution in [0.3, 0.4) is 0 Å². The van der Waals surface area contributed by atoms with Crippen molar-refractivity contribution in [2.45, 2.75) is 148 Å². The molecule has 3 atom stereocenters. The summed E-state index contributed by atoms with van der Waals surface area (Å²) in [6.07, 6.45) is 18.0. The average Bonchev–Trinajstić information content (AvgIpc) is 2.75. The second kappa shape index (κ2) is 21.6. The molecule has 4 N–H and O–H groups in total. The van der Waals surface area contributed by atoms with E-state index in [-0.39, 0.29) is 12.5 Å². The predicted molar refractivity (Wildman–Crippen MR) is 125 cm³/mol. The molecule has 180 valence electrons. The minimum absolute atomic E-state index is 0.165. The van der Waals surface area contributed by atoms with E-state index in [1.54, 1.807) is 0 Å². The van der Waals surface area contributed by atoms with Crippen LogP contribution >= 0.6 is 0 Å². The predicted octanol–water partition coefficient (Wildman–Crippen LogP) is 5.25. The maximum atomic E-state index is 12.0. The molecule has 0 unspecified atom stereocenters. The van der Waals surface area contributed by atoms with Gasteiger partial charge in [0.2, 0.25) is 5.91 Å². The number of carbonyl (C=O) groups excluding carboxylic acids is 1. The largest absolute Gasteiger partial charge is 0.394 e. The van der Waals surface area contributed by atoms with Gasteiger partial charge in [0.25, 0.3) is 0 Å². The Morgan fingerprint density at radius 1 is 0.700 bits per heavy atom. The van der Waals surface area contributed by atoms with E-state index in [1.807, 2.05) is 0 Å². The molecule has 0 aliphatic heterocycles. The van der Waals surface area contributed by atoms with Gasteiger partial charge in [-0.15, -0.1) is 0 Å². The molecule has 0 aromatic carbocycles. The van der Waals surface area contributed by atoms with Gasteiger partial charge in [-0.2, -0.15) is 0 Å². The summed E-state index contributed by atoms with van der Waals surface area (Å²) in [7, 11) is 0. The fraction of sp³-hybridized carbons (Fsp3) is 0.960. The maximum absolute atomic E-state index is 12.0. The highest BCUT2D eigenvalue weighted by Gasteiger charge is 2.26. The van der Waals surface area contributed by atoms with E-state index >= 15 is 0 Å². The lowest BCUT2D eigenvalue weighted by Crippen LogP contribution is -2.50. The molecular weight excluding hydrogens is 378 g/mol. The zero-order chi connectivity index (χ0) is 22.5. The van der Waals surface area contributed by atoms with Crippen molar-refractivity contribution >= 4 is 5.91 Å². The second-order valence-electron chi connectivity index (χ2n) is 8.90. The van der Waals surface area contributed by atoms with Crippen LogP contribution in [-0.4, -0.2) is 46.1 Å². The summed E-state index contributed by atoms with van der Waals surface area (Å²) >= 11 is 0. The number of amides is 1. The van der Waals surface area contributed by atoms with Crippen LogP contribution < -0.4 is 5.32 Å². The van der Waals surface area contributed by atoms with Crippen molar-refractivity contribution in [3.8, 4) is 0 Å². The molecule has 5 heteroatoms. The Kier molecular flexibility index (Phi) is 21.1. The van der Waals surface area contributed by atoms with Crippen LogP contribution in [0.4, 0.5) is 0 Å². The molecule has 0 aromatic heterocycles. The molecule has 0 heterocycles. The Hall–Kier alpha value is -0.650. The van der Waals surface area contributed by atoms with E-state index in [4.69, 9.17) is 0 Å². The molecule has 0 fully saturated rings. The van der Waals surface area contributed by atoms with Gasteiger partial charge in [-0.1, -0.05) is 110 Å². The molecule has 0 saturated carbocycles. The highest BCUT2D eigenvalue weighted by Crippen LogP contribution is 2.14. The van der Waals surface area contributed by atoms with Crippen LogP contribution in [0.15, 0.2) is 0 Å². The fourth-order valence-electron chi connectivity index (χ4n) is 3.86. The molecule has 1 amide bonds. The Labute approximate surface area is 186 Å². The van der Waals surface area contributed by atoms with Crippen molar-refractivity contribution in [2.24, 2.45) is 0 Å². The summed E-state index contributed by atoms with van der Waals surface area (Å²) in [6.45, 7) is 4.01. The highest BCUT2D eigenvalue weighted by atomic mass is 16.3. The van der Waals surface area contributed by atoms with E-state index in [0.717, 1.165) is 44.9 Å². The van der Waals surface area contributed by atoms with Gasteiger partial charge >= 0.3 is 0 Å². The first-order chi connectivity index (χ1) is 14.6. The molecule has 30 heavy (non-hydrogen) atoms. The minimum atomic E-state index is -1.12. The van der Waals surface area contributed by atoms with Gasteiger partial charge in [0.15, 0.2) is 0 Å². The van der Waals surface area contributed by atoms with Crippen molar-refractivity contribution in [1.82, 2.24) is 5.32 Å². The molecular formula is C25H51NO4. The molecule has 0 spiro atoms. The Morgan fingerprint density at radius 2 is 1.13 bits per heavy atom. The third-order valence-electron chi connectivity index (χ3n) is 5.96. The van der Waals surface area contributed by atoms with E-state index < -0.39 is 18.2 Å². The first-order valence-electron chi connectivity index (χ1n) is 12.8. The molecule has 0 aliphatic carbocycles. The summed E-state index contributed by atoms with van der Waals surface area (Å²) in [5.74, 6) is -0.165. The molecule has 0 saturated heterocycles. The zero-order valence-corrected chi connectivity index (χ0v) is 19.9. The number of aliphatic hydroxyl groups is 3. The highest BCUT2D eigenvalue weighted by molar-refractivity contribution is 5.76. The topological polar surface area (TPSA) is 89.8 Å². The van der Waals surface area contributed by atoms with Crippen LogP contribution in [0.1, 0.15) is 129 Å². The van der Waals surface area contributed by atoms with Crippen molar-refractivity contribution in [2.75, 3.05) is 6.61 Å². The lowest BCUT2D eigenvalue weighted by molar-refractivity contribution is -0.124. The van der Waals surface area contributed by atoms with Crippen molar-refractivity contribution in [3.05, 3.63) is 0 Å². The van der Waals surface area contributed by atoms with E-state index in [9.17, 15) is 20.1 Å². The van der Waals surface area contributed by atoms with Gasteiger partial charge in [0, 0.05) is 6.42 Å². The number of hydrogen-bond donors (Lipinski definition) is 4. The van der Waals surface area contributed by atoms with Crippen molar-refractivity contribution < 1.29 is 20.1 Å². The summed E-state index contributed by atoms with van der Waals surface area (Å²) in [5, 5.41) is 32.7. The Morgan fingerprint density at radius 3 is 1.60 bits per heavy atom.